The van der Waals surface area contributed by atoms with Crippen LogP contribution in [0.3, 0.4) is 0 Å². The van der Waals surface area contributed by atoms with Gasteiger partial charge in [-0.05, 0) is 36.6 Å². The maximum atomic E-state index is 11.3. The van der Waals surface area contributed by atoms with Gasteiger partial charge in [0.05, 0.1) is 9.67 Å². The molecule has 1 aliphatic rings. The Morgan fingerprint density at radius 3 is 2.86 bits per heavy atom. The first-order valence-electron chi connectivity index (χ1n) is 6.41. The Kier molecular flexibility index (Phi) is 5.29. The van der Waals surface area contributed by atoms with Crippen molar-refractivity contribution in [2.24, 2.45) is 0 Å². The molecule has 0 saturated heterocycles. The number of ether oxygens (including phenoxy) is 1. The molecule has 1 fully saturated rings. The molecule has 0 radical (unpaired) electrons. The monoisotopic (exact) mass is 329 g/mol. The number of carbonyl (C=O) groups excluding carboxylic acids is 1. The minimum absolute atomic E-state index is 0.0231. The van der Waals surface area contributed by atoms with Gasteiger partial charge in [-0.2, -0.15) is 0 Å². The van der Waals surface area contributed by atoms with Gasteiger partial charge in [0.15, 0.2) is 0 Å². The van der Waals surface area contributed by atoms with Crippen molar-refractivity contribution >= 4 is 33.4 Å². The molecule has 1 aromatic rings. The summed E-state index contributed by atoms with van der Waals surface area (Å²) in [6.45, 7) is 2.74. The molecule has 9 heteroatoms. The summed E-state index contributed by atoms with van der Waals surface area (Å²) in [5.41, 5.74) is -0.0231. The smallest absolute Gasteiger partial charge is 0.407 e. The third kappa shape index (κ3) is 4.78. The first-order valence-corrected chi connectivity index (χ1v) is 8.56. The Morgan fingerprint density at radius 1 is 1.57 bits per heavy atom. The predicted octanol–water partition coefficient (Wildman–Crippen LogP) is 3.01. The second kappa shape index (κ2) is 6.99. The van der Waals surface area contributed by atoms with Crippen LogP contribution in [-0.2, 0) is 4.74 Å². The third-order valence-corrected chi connectivity index (χ3v) is 6.03. The average Bonchev–Trinajstić information content (AvgIpc) is 3.24. The van der Waals surface area contributed by atoms with Gasteiger partial charge in [-0.15, -0.1) is 0 Å². The number of carbonyl (C=O) groups is 1. The van der Waals surface area contributed by atoms with Gasteiger partial charge in [0.1, 0.15) is 17.8 Å². The molecule has 1 N–H and O–H groups in total. The molecule has 2 rings (SSSR count). The fraction of sp³-hybridized carbons (Fsp3) is 0.500. The molecule has 0 spiro atoms. The minimum Gasteiger partial charge on any atom is -0.448 e. The van der Waals surface area contributed by atoms with Crippen molar-refractivity contribution < 1.29 is 14.5 Å². The second-order valence-electron chi connectivity index (χ2n) is 4.57. The lowest BCUT2D eigenvalue weighted by atomic mass is 10.4. The summed E-state index contributed by atoms with van der Waals surface area (Å²) in [7, 11) is 3.04. The zero-order valence-electron chi connectivity index (χ0n) is 11.4. The molecule has 1 aromatic heterocycles. The highest BCUT2D eigenvalue weighted by atomic mass is 33.1. The van der Waals surface area contributed by atoms with Crippen molar-refractivity contribution in [1.29, 1.82) is 0 Å². The Bertz CT molecular complexity index is 520. The van der Waals surface area contributed by atoms with Crippen LogP contribution < -0.4 is 5.32 Å². The molecule has 0 aliphatic heterocycles. The second-order valence-corrected chi connectivity index (χ2v) is 7.19. The van der Waals surface area contributed by atoms with Crippen molar-refractivity contribution in [3.05, 3.63) is 28.4 Å². The molecule has 0 atom stereocenters. The van der Waals surface area contributed by atoms with Gasteiger partial charge in [-0.25, -0.2) is 9.78 Å². The zero-order chi connectivity index (χ0) is 15.3. The maximum Gasteiger partial charge on any atom is 0.407 e. The maximum absolute atomic E-state index is 11.3. The molecule has 1 heterocycles. The standard InChI is InChI=1S/C12H15N3O4S2/c1-2-13-11(16)19-8-12(5-6-12)21-20-10-4-3-9(7-14-10)15(17)18/h3-4,7H,2,5-6,8H2,1H3,(H,13,16). The third-order valence-electron chi connectivity index (χ3n) is 2.83. The van der Waals surface area contributed by atoms with Gasteiger partial charge in [0.2, 0.25) is 0 Å². The number of rotatable bonds is 7. The summed E-state index contributed by atoms with van der Waals surface area (Å²) in [5.74, 6) is 0. The van der Waals surface area contributed by atoms with Crippen molar-refractivity contribution in [1.82, 2.24) is 10.3 Å². The van der Waals surface area contributed by atoms with E-state index in [0.29, 0.717) is 18.2 Å². The van der Waals surface area contributed by atoms with Crippen LogP contribution >= 0.6 is 21.6 Å². The van der Waals surface area contributed by atoms with E-state index in [9.17, 15) is 14.9 Å². The fourth-order valence-corrected chi connectivity index (χ4v) is 4.03. The van der Waals surface area contributed by atoms with E-state index >= 15 is 0 Å². The highest BCUT2D eigenvalue weighted by Gasteiger charge is 2.45. The quantitative estimate of drug-likeness (QED) is 0.467. The SMILES string of the molecule is CCNC(=O)OCC1(SSc2ccc([N+](=O)[O-])cn2)CC1. The fourth-order valence-electron chi connectivity index (χ4n) is 1.44. The van der Waals surface area contributed by atoms with E-state index in [0.717, 1.165) is 12.8 Å². The number of aromatic nitrogens is 1. The van der Waals surface area contributed by atoms with Crippen LogP contribution in [-0.4, -0.2) is 33.9 Å². The lowest BCUT2D eigenvalue weighted by Crippen LogP contribution is -2.27. The Morgan fingerprint density at radius 2 is 2.33 bits per heavy atom. The molecule has 1 saturated carbocycles. The molecular formula is C12H15N3O4S2. The Labute approximate surface area is 129 Å². The van der Waals surface area contributed by atoms with Crippen LogP contribution in [0.1, 0.15) is 19.8 Å². The minimum atomic E-state index is -0.475. The van der Waals surface area contributed by atoms with Crippen LogP contribution in [0.4, 0.5) is 10.5 Å². The van der Waals surface area contributed by atoms with Crippen LogP contribution in [0.2, 0.25) is 0 Å². The molecule has 1 amide bonds. The number of alkyl carbamates (subject to hydrolysis) is 1. The topological polar surface area (TPSA) is 94.4 Å². The summed E-state index contributed by atoms with van der Waals surface area (Å²) in [6.07, 6.45) is 2.81. The summed E-state index contributed by atoms with van der Waals surface area (Å²) >= 11 is 0. The zero-order valence-corrected chi connectivity index (χ0v) is 13.0. The first kappa shape index (κ1) is 15.9. The van der Waals surface area contributed by atoms with Gasteiger partial charge < -0.3 is 10.1 Å². The Hall–Kier alpha value is -1.48. The largest absolute Gasteiger partial charge is 0.448 e. The average molecular weight is 329 g/mol. The summed E-state index contributed by atoms with van der Waals surface area (Å²) < 4.78 is 5.10. The molecular weight excluding hydrogens is 314 g/mol. The van der Waals surface area contributed by atoms with E-state index in [-0.39, 0.29) is 10.4 Å². The molecule has 1 aliphatic carbocycles. The van der Waals surface area contributed by atoms with Gasteiger partial charge in [0.25, 0.3) is 5.69 Å². The van der Waals surface area contributed by atoms with Crippen molar-refractivity contribution in [3.8, 4) is 0 Å². The number of nitrogens with zero attached hydrogens (tertiary/aromatic N) is 2. The Balaban J connectivity index is 1.79. The molecule has 114 valence electrons. The van der Waals surface area contributed by atoms with Gasteiger partial charge in [-0.1, -0.05) is 10.8 Å². The summed E-state index contributed by atoms with van der Waals surface area (Å²) in [6, 6.07) is 3.05. The van der Waals surface area contributed by atoms with E-state index in [1.165, 1.54) is 23.1 Å². The predicted molar refractivity (Wildman–Crippen MR) is 81.3 cm³/mol. The van der Waals surface area contributed by atoms with Crippen LogP contribution in [0.15, 0.2) is 23.4 Å². The normalized spacial score (nSPS) is 15.3. The van der Waals surface area contributed by atoms with E-state index in [4.69, 9.17) is 4.74 Å². The first-order chi connectivity index (χ1) is 10.0. The molecule has 0 unspecified atom stereocenters. The molecule has 21 heavy (non-hydrogen) atoms. The van der Waals surface area contributed by atoms with E-state index in [2.05, 4.69) is 10.3 Å². The summed E-state index contributed by atoms with van der Waals surface area (Å²) in [4.78, 5) is 25.4. The summed E-state index contributed by atoms with van der Waals surface area (Å²) in [5, 5.41) is 13.8. The number of amides is 1. The van der Waals surface area contributed by atoms with Gasteiger partial charge in [-0.3, -0.25) is 10.1 Å². The van der Waals surface area contributed by atoms with Crippen molar-refractivity contribution in [3.63, 3.8) is 0 Å². The highest BCUT2D eigenvalue weighted by molar-refractivity contribution is 8.77. The van der Waals surface area contributed by atoms with Crippen LogP contribution in [0.5, 0.6) is 0 Å². The number of nitro groups is 1. The number of pyridine rings is 1. The number of hydrogen-bond acceptors (Lipinski definition) is 7. The van der Waals surface area contributed by atoms with E-state index in [1.807, 2.05) is 6.92 Å². The van der Waals surface area contributed by atoms with Crippen LogP contribution in [0.25, 0.3) is 0 Å². The molecule has 0 bridgehead atoms. The highest BCUT2D eigenvalue weighted by Crippen LogP contribution is 2.55. The van der Waals surface area contributed by atoms with E-state index < -0.39 is 11.0 Å². The van der Waals surface area contributed by atoms with E-state index in [1.54, 1.807) is 16.9 Å². The molecule has 7 nitrogen and oxygen atoms in total. The lowest BCUT2D eigenvalue weighted by Gasteiger charge is -2.14. The molecule has 0 aromatic carbocycles. The van der Waals surface area contributed by atoms with Gasteiger partial charge >= 0.3 is 6.09 Å². The van der Waals surface area contributed by atoms with Gasteiger partial charge in [0, 0.05) is 12.6 Å². The van der Waals surface area contributed by atoms with Crippen LogP contribution in [0, 0.1) is 10.1 Å². The number of nitrogens with one attached hydrogen (secondary N) is 1. The number of hydrogen-bond donors (Lipinski definition) is 1. The van der Waals surface area contributed by atoms with Crippen molar-refractivity contribution in [2.45, 2.75) is 29.5 Å². The van der Waals surface area contributed by atoms with Crippen molar-refractivity contribution in [2.75, 3.05) is 13.2 Å². The lowest BCUT2D eigenvalue weighted by molar-refractivity contribution is -0.385.